The van der Waals surface area contributed by atoms with Crippen LogP contribution < -0.4 is 0 Å². The van der Waals surface area contributed by atoms with Gasteiger partial charge < -0.3 is 9.80 Å². The van der Waals surface area contributed by atoms with Gasteiger partial charge in [0.1, 0.15) is 5.92 Å². The molecule has 0 aromatic heterocycles. The number of allylic oxidation sites excluding steroid dienone is 3. The van der Waals surface area contributed by atoms with Crippen LogP contribution in [0, 0.1) is 11.8 Å². The monoisotopic (exact) mass is 422 g/mol. The molecule has 4 atom stereocenters. The highest BCUT2D eigenvalue weighted by Gasteiger charge is 2.44. The van der Waals surface area contributed by atoms with Crippen molar-refractivity contribution in [2.24, 2.45) is 11.8 Å². The molecular formula is C27H38N2O2. The van der Waals surface area contributed by atoms with Gasteiger partial charge in [0.25, 0.3) is 0 Å². The van der Waals surface area contributed by atoms with Crippen molar-refractivity contribution in [2.45, 2.75) is 71.8 Å². The summed E-state index contributed by atoms with van der Waals surface area (Å²) in [5.41, 5.74) is 2.27. The molecule has 0 bridgehead atoms. The van der Waals surface area contributed by atoms with Crippen molar-refractivity contribution < 1.29 is 9.59 Å². The lowest BCUT2D eigenvalue weighted by Crippen LogP contribution is -2.52. The highest BCUT2D eigenvalue weighted by atomic mass is 16.2. The highest BCUT2D eigenvalue weighted by molar-refractivity contribution is 6.02. The summed E-state index contributed by atoms with van der Waals surface area (Å²) in [5.74, 6) is 0.360. The van der Waals surface area contributed by atoms with Crippen LogP contribution in [-0.4, -0.2) is 40.7 Å². The number of hydrogen-bond donors (Lipinski definition) is 0. The van der Waals surface area contributed by atoms with E-state index in [1.807, 2.05) is 37.0 Å². The lowest BCUT2D eigenvalue weighted by molar-refractivity contribution is -0.146. The Hall–Kier alpha value is -2.36. The summed E-state index contributed by atoms with van der Waals surface area (Å²) in [7, 11) is 0. The predicted octanol–water partition coefficient (Wildman–Crippen LogP) is 5.53. The molecule has 31 heavy (non-hydrogen) atoms. The third-order valence-corrected chi connectivity index (χ3v) is 7.16. The largest absolute Gasteiger partial charge is 0.339 e. The molecule has 1 aromatic carbocycles. The molecule has 0 radical (unpaired) electrons. The van der Waals surface area contributed by atoms with Crippen LogP contribution in [0.15, 0.2) is 54.3 Å². The second-order valence-electron chi connectivity index (χ2n) is 8.93. The van der Waals surface area contributed by atoms with Crippen LogP contribution in [-0.2, 0) is 9.59 Å². The molecular weight excluding hydrogens is 384 g/mol. The van der Waals surface area contributed by atoms with Crippen molar-refractivity contribution in [1.82, 2.24) is 9.80 Å². The summed E-state index contributed by atoms with van der Waals surface area (Å²) in [5, 5.41) is 0. The van der Waals surface area contributed by atoms with E-state index in [0.717, 1.165) is 31.5 Å². The molecule has 3 rings (SSSR count). The zero-order valence-corrected chi connectivity index (χ0v) is 19.6. The minimum absolute atomic E-state index is 0.0314. The summed E-state index contributed by atoms with van der Waals surface area (Å²) in [4.78, 5) is 30.5. The summed E-state index contributed by atoms with van der Waals surface area (Å²) in [6, 6.07) is 10.9. The maximum Gasteiger partial charge on any atom is 0.239 e. The van der Waals surface area contributed by atoms with Gasteiger partial charge in [-0.15, -0.1) is 0 Å². The van der Waals surface area contributed by atoms with Crippen LogP contribution in [0.1, 0.15) is 71.3 Å². The van der Waals surface area contributed by atoms with Crippen LogP contribution in [0.3, 0.4) is 0 Å². The van der Waals surface area contributed by atoms with Crippen molar-refractivity contribution in [1.29, 1.82) is 0 Å². The number of benzene rings is 1. The first-order valence-corrected chi connectivity index (χ1v) is 12.0. The fourth-order valence-electron chi connectivity index (χ4n) is 5.45. The van der Waals surface area contributed by atoms with Crippen LogP contribution >= 0.6 is 0 Å². The number of piperidine rings is 1. The lowest BCUT2D eigenvalue weighted by atomic mass is 9.73. The molecule has 2 amide bonds. The smallest absolute Gasteiger partial charge is 0.239 e. The first-order chi connectivity index (χ1) is 15.0. The van der Waals surface area contributed by atoms with Gasteiger partial charge in [0.05, 0.1) is 0 Å². The topological polar surface area (TPSA) is 40.6 Å². The third kappa shape index (κ3) is 4.94. The van der Waals surface area contributed by atoms with E-state index in [1.165, 1.54) is 12.0 Å². The molecule has 4 heteroatoms. The molecule has 0 aliphatic carbocycles. The maximum atomic E-state index is 13.5. The molecule has 2 saturated heterocycles. The highest BCUT2D eigenvalue weighted by Crippen LogP contribution is 2.40. The molecule has 168 valence electrons. The second kappa shape index (κ2) is 10.8. The second-order valence-corrected chi connectivity index (χ2v) is 8.93. The number of hydrogen-bond acceptors (Lipinski definition) is 2. The minimum atomic E-state index is -0.539. The molecule has 1 aromatic rings. The Kier molecular flexibility index (Phi) is 8.11. The molecule has 0 N–H and O–H groups in total. The van der Waals surface area contributed by atoms with Gasteiger partial charge in [0.2, 0.25) is 11.8 Å². The van der Waals surface area contributed by atoms with Gasteiger partial charge in [-0.2, -0.15) is 0 Å². The minimum Gasteiger partial charge on any atom is -0.339 e. The number of likely N-dealkylation sites (tertiary alicyclic amines) is 2. The Labute approximate surface area is 188 Å². The summed E-state index contributed by atoms with van der Waals surface area (Å²) in [6.07, 6.45) is 10.9. The van der Waals surface area contributed by atoms with E-state index >= 15 is 0 Å². The Morgan fingerprint density at radius 2 is 1.87 bits per heavy atom. The number of rotatable bonds is 7. The maximum absolute atomic E-state index is 13.5. The molecule has 0 spiro atoms. The van der Waals surface area contributed by atoms with Crippen molar-refractivity contribution in [3.05, 3.63) is 59.8 Å². The van der Waals surface area contributed by atoms with Gasteiger partial charge in [-0.05, 0) is 63.5 Å². The molecule has 1 unspecified atom stereocenters. The van der Waals surface area contributed by atoms with Crippen molar-refractivity contribution in [3.8, 4) is 0 Å². The molecule has 0 saturated carbocycles. The molecule has 2 heterocycles. The number of carbonyl (C=O) groups is 2. The van der Waals surface area contributed by atoms with E-state index in [4.69, 9.17) is 0 Å². The first kappa shape index (κ1) is 23.3. The fraction of sp³-hybridized carbons (Fsp3) is 0.556. The summed E-state index contributed by atoms with van der Waals surface area (Å²) in [6.45, 7) is 9.66. The Morgan fingerprint density at radius 3 is 2.52 bits per heavy atom. The van der Waals surface area contributed by atoms with Gasteiger partial charge in [0, 0.05) is 24.8 Å². The van der Waals surface area contributed by atoms with Gasteiger partial charge >= 0.3 is 0 Å². The summed E-state index contributed by atoms with van der Waals surface area (Å²) >= 11 is 0. The zero-order chi connectivity index (χ0) is 22.4. The Morgan fingerprint density at radius 1 is 1.13 bits per heavy atom. The average Bonchev–Trinajstić information content (AvgIpc) is 3.17. The average molecular weight is 423 g/mol. The van der Waals surface area contributed by atoms with Crippen LogP contribution in [0.4, 0.5) is 0 Å². The van der Waals surface area contributed by atoms with E-state index in [0.29, 0.717) is 24.8 Å². The molecule has 4 nitrogen and oxygen atoms in total. The fourth-order valence-corrected chi connectivity index (χ4v) is 5.45. The molecule has 2 fully saturated rings. The molecule has 2 aliphatic rings. The van der Waals surface area contributed by atoms with E-state index in [1.54, 1.807) is 4.90 Å². The number of amides is 2. The van der Waals surface area contributed by atoms with Gasteiger partial charge in [-0.25, -0.2) is 0 Å². The Bertz CT molecular complexity index is 814. The Balaban J connectivity index is 1.77. The van der Waals surface area contributed by atoms with Crippen molar-refractivity contribution in [2.75, 3.05) is 13.1 Å². The predicted molar refractivity (Wildman–Crippen MR) is 126 cm³/mol. The summed E-state index contributed by atoms with van der Waals surface area (Å²) < 4.78 is 0. The SMILES string of the molecule is C/C=C\C(=C/C)N1CCC(C(=O)N2CC[C@H](c3ccccc3)[C@@H](CCCC)[C@H]2C)C1=O. The first-order valence-electron chi connectivity index (χ1n) is 12.0. The van der Waals surface area contributed by atoms with Crippen LogP contribution in [0.5, 0.6) is 0 Å². The lowest BCUT2D eigenvalue weighted by Gasteiger charge is -2.45. The number of nitrogens with zero attached hydrogens (tertiary/aromatic N) is 2. The van der Waals surface area contributed by atoms with Gasteiger partial charge in [-0.1, -0.05) is 62.2 Å². The van der Waals surface area contributed by atoms with Crippen molar-refractivity contribution in [3.63, 3.8) is 0 Å². The van der Waals surface area contributed by atoms with E-state index < -0.39 is 5.92 Å². The van der Waals surface area contributed by atoms with Gasteiger partial charge in [-0.3, -0.25) is 9.59 Å². The van der Waals surface area contributed by atoms with E-state index in [9.17, 15) is 9.59 Å². The molecule has 2 aliphatic heterocycles. The van der Waals surface area contributed by atoms with Crippen LogP contribution in [0.25, 0.3) is 0 Å². The quantitative estimate of drug-likeness (QED) is 0.428. The number of unbranched alkanes of at least 4 members (excludes halogenated alkanes) is 1. The normalized spacial score (nSPS) is 27.4. The van der Waals surface area contributed by atoms with E-state index in [-0.39, 0.29) is 17.9 Å². The standard InChI is InChI=1S/C27H38N2O2/c1-5-8-15-23-20(4)28(18-16-24(23)21-13-10-9-11-14-21)26(30)25-17-19-29(27(25)31)22(7-3)12-6-2/h6-7,9-14,20,23-25H,5,8,15-19H2,1-4H3/b12-6-,22-7+/t20-,23+,24-,25?/m1/s1. The van der Waals surface area contributed by atoms with E-state index in [2.05, 4.69) is 44.2 Å². The van der Waals surface area contributed by atoms with Gasteiger partial charge in [0.15, 0.2) is 0 Å². The third-order valence-electron chi connectivity index (χ3n) is 7.16. The zero-order valence-electron chi connectivity index (χ0n) is 19.6. The number of carbonyl (C=O) groups excluding carboxylic acids is 2. The van der Waals surface area contributed by atoms with Crippen LogP contribution in [0.2, 0.25) is 0 Å². The van der Waals surface area contributed by atoms with Crippen molar-refractivity contribution >= 4 is 11.8 Å².